The van der Waals surface area contributed by atoms with Gasteiger partial charge in [0.05, 0.1) is 16.7 Å². The Kier molecular flexibility index (Phi) is 9.08. The zero-order valence-corrected chi connectivity index (χ0v) is 19.5. The van der Waals surface area contributed by atoms with Crippen LogP contribution in [0.3, 0.4) is 0 Å². The molecule has 0 aliphatic heterocycles. The van der Waals surface area contributed by atoms with Crippen molar-refractivity contribution in [3.8, 4) is 11.5 Å². The Hall–Kier alpha value is -2.20. The molecule has 0 amide bonds. The lowest BCUT2D eigenvalue weighted by molar-refractivity contribution is 0.269. The van der Waals surface area contributed by atoms with Crippen molar-refractivity contribution < 1.29 is 9.47 Å². The van der Waals surface area contributed by atoms with Crippen LogP contribution in [0.2, 0.25) is 10.0 Å². The van der Waals surface area contributed by atoms with Gasteiger partial charge in [0.1, 0.15) is 6.61 Å². The summed E-state index contributed by atoms with van der Waals surface area (Å²) in [5.41, 5.74) is 3.49. The molecule has 0 aromatic heterocycles. The van der Waals surface area contributed by atoms with Gasteiger partial charge in [-0.3, -0.25) is 0 Å². The molecule has 164 valence electrons. The first-order valence-electron chi connectivity index (χ1n) is 10.6. The third-order valence-corrected chi connectivity index (χ3v) is 5.79. The van der Waals surface area contributed by atoms with Crippen LogP contribution in [0.25, 0.3) is 0 Å². The summed E-state index contributed by atoms with van der Waals surface area (Å²) in [5.74, 6) is 1.47. The van der Waals surface area contributed by atoms with E-state index in [1.165, 1.54) is 5.56 Å². The Morgan fingerprint density at radius 3 is 2.32 bits per heavy atom. The molecule has 5 heteroatoms. The van der Waals surface area contributed by atoms with Gasteiger partial charge in [-0.1, -0.05) is 65.7 Å². The van der Waals surface area contributed by atoms with E-state index >= 15 is 0 Å². The van der Waals surface area contributed by atoms with E-state index in [9.17, 15) is 0 Å². The SMILES string of the molecule is CCOc1cc(CN[C@H](C)CCc2ccccc2)ccc1OCc1ccc(Cl)c(Cl)c1. The summed E-state index contributed by atoms with van der Waals surface area (Å²) < 4.78 is 11.8. The highest BCUT2D eigenvalue weighted by Gasteiger charge is 2.09. The van der Waals surface area contributed by atoms with Crippen molar-refractivity contribution in [3.63, 3.8) is 0 Å². The van der Waals surface area contributed by atoms with E-state index in [1.807, 2.05) is 31.2 Å². The van der Waals surface area contributed by atoms with E-state index in [2.05, 4.69) is 48.6 Å². The number of hydrogen-bond donors (Lipinski definition) is 1. The van der Waals surface area contributed by atoms with Crippen LogP contribution in [-0.4, -0.2) is 12.6 Å². The van der Waals surface area contributed by atoms with Gasteiger partial charge in [0, 0.05) is 12.6 Å². The first-order chi connectivity index (χ1) is 15.0. The number of aryl methyl sites for hydroxylation is 1. The number of hydrogen-bond acceptors (Lipinski definition) is 3. The molecule has 0 fully saturated rings. The van der Waals surface area contributed by atoms with Gasteiger partial charge in [0.2, 0.25) is 0 Å². The minimum Gasteiger partial charge on any atom is -0.490 e. The highest BCUT2D eigenvalue weighted by atomic mass is 35.5. The van der Waals surface area contributed by atoms with Gasteiger partial charge >= 0.3 is 0 Å². The zero-order valence-electron chi connectivity index (χ0n) is 18.0. The first kappa shape index (κ1) is 23.5. The molecule has 0 heterocycles. The van der Waals surface area contributed by atoms with Crippen molar-refractivity contribution in [2.75, 3.05) is 6.61 Å². The largest absolute Gasteiger partial charge is 0.490 e. The summed E-state index contributed by atoms with van der Waals surface area (Å²) in [4.78, 5) is 0. The van der Waals surface area contributed by atoms with Gasteiger partial charge in [-0.25, -0.2) is 0 Å². The van der Waals surface area contributed by atoms with Crippen molar-refractivity contribution in [2.45, 2.75) is 45.9 Å². The number of nitrogens with one attached hydrogen (secondary N) is 1. The Balaban J connectivity index is 1.55. The molecular formula is C26H29Cl2NO2. The van der Waals surface area contributed by atoms with Crippen LogP contribution < -0.4 is 14.8 Å². The maximum atomic E-state index is 6.10. The molecule has 0 spiro atoms. The van der Waals surface area contributed by atoms with Crippen molar-refractivity contribution in [3.05, 3.63) is 93.5 Å². The van der Waals surface area contributed by atoms with Crippen molar-refractivity contribution in [1.82, 2.24) is 5.32 Å². The minimum absolute atomic E-state index is 0.394. The van der Waals surface area contributed by atoms with Crippen LogP contribution in [-0.2, 0) is 19.6 Å². The number of halogens is 2. The quantitative estimate of drug-likeness (QED) is 0.333. The molecule has 3 aromatic rings. The zero-order chi connectivity index (χ0) is 22.1. The van der Waals surface area contributed by atoms with Crippen LogP contribution >= 0.6 is 23.2 Å². The first-order valence-corrected chi connectivity index (χ1v) is 11.4. The van der Waals surface area contributed by atoms with Crippen molar-refractivity contribution >= 4 is 23.2 Å². The van der Waals surface area contributed by atoms with Gasteiger partial charge in [0.15, 0.2) is 11.5 Å². The molecule has 0 unspecified atom stereocenters. The summed E-state index contributed by atoms with van der Waals surface area (Å²) in [7, 11) is 0. The molecule has 0 saturated carbocycles. The van der Waals surface area contributed by atoms with E-state index in [-0.39, 0.29) is 0 Å². The average molecular weight is 458 g/mol. The number of benzene rings is 3. The third kappa shape index (κ3) is 7.46. The van der Waals surface area contributed by atoms with Crippen LogP contribution in [0, 0.1) is 0 Å². The molecule has 0 aliphatic carbocycles. The van der Waals surface area contributed by atoms with Gasteiger partial charge < -0.3 is 14.8 Å². The standard InChI is InChI=1S/C26H29Cl2NO2/c1-3-30-26-16-21(17-29-19(2)9-10-20-7-5-4-6-8-20)12-14-25(26)31-18-22-11-13-23(27)24(28)15-22/h4-8,11-16,19,29H,3,9-10,17-18H2,1-2H3/t19-/m1/s1. The second-order valence-electron chi connectivity index (χ2n) is 7.56. The number of ether oxygens (including phenoxy) is 2. The second-order valence-corrected chi connectivity index (χ2v) is 8.37. The van der Waals surface area contributed by atoms with E-state index < -0.39 is 0 Å². The van der Waals surface area contributed by atoms with Crippen LogP contribution in [0.15, 0.2) is 66.7 Å². The predicted octanol–water partition coefficient (Wildman–Crippen LogP) is 7.08. The monoisotopic (exact) mass is 457 g/mol. The fourth-order valence-electron chi connectivity index (χ4n) is 3.26. The smallest absolute Gasteiger partial charge is 0.161 e. The third-order valence-electron chi connectivity index (χ3n) is 5.05. The molecule has 31 heavy (non-hydrogen) atoms. The van der Waals surface area contributed by atoms with Crippen molar-refractivity contribution in [1.29, 1.82) is 0 Å². The van der Waals surface area contributed by atoms with Crippen LogP contribution in [0.4, 0.5) is 0 Å². The summed E-state index contributed by atoms with van der Waals surface area (Å²) >= 11 is 12.1. The molecular weight excluding hydrogens is 429 g/mol. The molecule has 3 rings (SSSR count). The molecule has 1 N–H and O–H groups in total. The lowest BCUT2D eigenvalue weighted by Crippen LogP contribution is -2.26. The molecule has 3 aromatic carbocycles. The van der Waals surface area contributed by atoms with Crippen molar-refractivity contribution in [2.24, 2.45) is 0 Å². The Bertz CT molecular complexity index is 963. The predicted molar refractivity (Wildman–Crippen MR) is 129 cm³/mol. The van der Waals surface area contributed by atoms with Gasteiger partial charge in [-0.15, -0.1) is 0 Å². The minimum atomic E-state index is 0.394. The van der Waals surface area contributed by atoms with E-state index in [4.69, 9.17) is 32.7 Å². The molecule has 1 atom stereocenters. The van der Waals surface area contributed by atoms with E-state index in [0.717, 1.165) is 36.3 Å². The Morgan fingerprint density at radius 1 is 0.806 bits per heavy atom. The molecule has 0 aliphatic rings. The topological polar surface area (TPSA) is 30.5 Å². The molecule has 3 nitrogen and oxygen atoms in total. The molecule has 0 radical (unpaired) electrons. The van der Waals surface area contributed by atoms with Crippen LogP contribution in [0.1, 0.15) is 37.0 Å². The highest BCUT2D eigenvalue weighted by Crippen LogP contribution is 2.30. The maximum Gasteiger partial charge on any atom is 0.161 e. The number of rotatable bonds is 11. The summed E-state index contributed by atoms with van der Waals surface area (Å²) in [6.45, 7) is 5.95. The van der Waals surface area contributed by atoms with Crippen LogP contribution in [0.5, 0.6) is 11.5 Å². The second kappa shape index (κ2) is 12.0. The lowest BCUT2D eigenvalue weighted by atomic mass is 10.1. The molecule has 0 saturated heterocycles. The van der Waals surface area contributed by atoms with Gasteiger partial charge in [0.25, 0.3) is 0 Å². The van der Waals surface area contributed by atoms with E-state index in [1.54, 1.807) is 6.07 Å². The summed E-state index contributed by atoms with van der Waals surface area (Å²) in [6, 6.07) is 22.6. The Morgan fingerprint density at radius 2 is 1.58 bits per heavy atom. The summed E-state index contributed by atoms with van der Waals surface area (Å²) in [6.07, 6.45) is 2.16. The van der Waals surface area contributed by atoms with Gasteiger partial charge in [-0.2, -0.15) is 0 Å². The fraction of sp³-hybridized carbons (Fsp3) is 0.308. The van der Waals surface area contributed by atoms with Gasteiger partial charge in [-0.05, 0) is 67.6 Å². The Labute approximate surface area is 195 Å². The highest BCUT2D eigenvalue weighted by molar-refractivity contribution is 6.42. The average Bonchev–Trinajstić information content (AvgIpc) is 2.79. The summed E-state index contributed by atoms with van der Waals surface area (Å²) in [5, 5.41) is 4.66. The molecule has 0 bridgehead atoms. The fourth-order valence-corrected chi connectivity index (χ4v) is 3.58. The van der Waals surface area contributed by atoms with E-state index in [0.29, 0.717) is 35.1 Å². The normalized spacial score (nSPS) is 11.9. The maximum absolute atomic E-state index is 6.10. The lowest BCUT2D eigenvalue weighted by Gasteiger charge is -2.16.